The summed E-state index contributed by atoms with van der Waals surface area (Å²) in [4.78, 5) is 4.25. The number of anilines is 1. The van der Waals surface area contributed by atoms with Gasteiger partial charge in [-0.2, -0.15) is 0 Å². The normalized spacial score (nSPS) is 10.8. The number of ether oxygens (including phenoxy) is 1. The van der Waals surface area contributed by atoms with Gasteiger partial charge in [-0.1, -0.05) is 13.8 Å². The minimum Gasteiger partial charge on any atom is -0.491 e. The number of imidazole rings is 1. The molecule has 5 heteroatoms. The zero-order chi connectivity index (χ0) is 14.5. The van der Waals surface area contributed by atoms with Crippen LogP contribution in [0, 0.1) is 11.7 Å². The van der Waals surface area contributed by atoms with Crippen molar-refractivity contribution in [3.05, 3.63) is 36.4 Å². The molecule has 0 bridgehead atoms. The van der Waals surface area contributed by atoms with E-state index in [9.17, 15) is 4.39 Å². The third-order valence-corrected chi connectivity index (χ3v) is 2.80. The van der Waals surface area contributed by atoms with Gasteiger partial charge in [0, 0.05) is 25.0 Å². The van der Waals surface area contributed by atoms with Gasteiger partial charge < -0.3 is 10.1 Å². The minimum atomic E-state index is -0.368. The molecule has 4 nitrogen and oxygen atoms in total. The molecule has 0 unspecified atom stereocenters. The predicted octanol–water partition coefficient (Wildman–Crippen LogP) is 3.48. The third-order valence-electron chi connectivity index (χ3n) is 2.80. The van der Waals surface area contributed by atoms with Gasteiger partial charge in [-0.15, -0.1) is 0 Å². The van der Waals surface area contributed by atoms with Gasteiger partial charge in [0.2, 0.25) is 5.95 Å². The Kier molecular flexibility index (Phi) is 4.61. The Labute approximate surface area is 118 Å². The molecular weight excluding hydrogens is 257 g/mol. The fraction of sp³-hybridized carbons (Fsp3) is 0.400. The van der Waals surface area contributed by atoms with E-state index in [1.165, 1.54) is 6.07 Å². The van der Waals surface area contributed by atoms with Crippen LogP contribution in [0.15, 0.2) is 30.6 Å². The molecule has 1 N–H and O–H groups in total. The number of halogens is 1. The monoisotopic (exact) mass is 277 g/mol. The van der Waals surface area contributed by atoms with Gasteiger partial charge in [0.05, 0.1) is 12.3 Å². The summed E-state index contributed by atoms with van der Waals surface area (Å²) in [5, 5.41) is 3.25. The van der Waals surface area contributed by atoms with Gasteiger partial charge in [0.1, 0.15) is 0 Å². The second kappa shape index (κ2) is 6.41. The maximum absolute atomic E-state index is 13.9. The first-order valence-electron chi connectivity index (χ1n) is 6.81. The maximum Gasteiger partial charge on any atom is 0.207 e. The molecule has 0 spiro atoms. The molecule has 0 atom stereocenters. The zero-order valence-corrected chi connectivity index (χ0v) is 12.1. The lowest BCUT2D eigenvalue weighted by Crippen LogP contribution is -2.12. The van der Waals surface area contributed by atoms with Gasteiger partial charge in [-0.25, -0.2) is 9.37 Å². The Balaban J connectivity index is 2.23. The first kappa shape index (κ1) is 14.4. The largest absolute Gasteiger partial charge is 0.491 e. The molecule has 108 valence electrons. The Morgan fingerprint density at radius 3 is 2.85 bits per heavy atom. The van der Waals surface area contributed by atoms with E-state index in [2.05, 4.69) is 24.1 Å². The second-order valence-electron chi connectivity index (χ2n) is 4.94. The number of rotatable bonds is 6. The quantitative estimate of drug-likeness (QED) is 0.878. The standard InChI is InChI=1S/C15H20FN3O/c1-4-20-14-6-5-12(9-13(14)16)19-8-7-17-15(19)18-10-11(2)3/h5-9,11H,4,10H2,1-3H3,(H,17,18). The van der Waals surface area contributed by atoms with Gasteiger partial charge in [-0.05, 0) is 25.0 Å². The first-order chi connectivity index (χ1) is 9.61. The van der Waals surface area contributed by atoms with E-state index in [4.69, 9.17) is 4.74 Å². The summed E-state index contributed by atoms with van der Waals surface area (Å²) < 4.78 is 20.9. The lowest BCUT2D eigenvalue weighted by atomic mass is 10.2. The van der Waals surface area contributed by atoms with E-state index < -0.39 is 0 Å². The van der Waals surface area contributed by atoms with E-state index >= 15 is 0 Å². The van der Waals surface area contributed by atoms with Crippen LogP contribution in [-0.2, 0) is 0 Å². The van der Waals surface area contributed by atoms with Crippen molar-refractivity contribution >= 4 is 5.95 Å². The summed E-state index contributed by atoms with van der Waals surface area (Å²) in [6.45, 7) is 7.34. The predicted molar refractivity (Wildman–Crippen MR) is 78.0 cm³/mol. The second-order valence-corrected chi connectivity index (χ2v) is 4.94. The molecule has 0 aliphatic heterocycles. The van der Waals surface area contributed by atoms with Crippen LogP contribution in [0.3, 0.4) is 0 Å². The highest BCUT2D eigenvalue weighted by molar-refractivity contribution is 5.44. The highest BCUT2D eigenvalue weighted by atomic mass is 19.1. The number of benzene rings is 1. The summed E-state index contributed by atoms with van der Waals surface area (Å²) >= 11 is 0. The Morgan fingerprint density at radius 2 is 2.20 bits per heavy atom. The molecule has 0 fully saturated rings. The van der Waals surface area contributed by atoms with Crippen LogP contribution < -0.4 is 10.1 Å². The van der Waals surface area contributed by atoms with Crippen molar-refractivity contribution in [3.8, 4) is 11.4 Å². The van der Waals surface area contributed by atoms with Crippen LogP contribution in [0.4, 0.5) is 10.3 Å². The molecule has 0 saturated carbocycles. The van der Waals surface area contributed by atoms with Gasteiger partial charge >= 0.3 is 0 Å². The van der Waals surface area contributed by atoms with Gasteiger partial charge in [0.25, 0.3) is 0 Å². The van der Waals surface area contributed by atoms with Crippen molar-refractivity contribution < 1.29 is 9.13 Å². The number of nitrogens with zero attached hydrogens (tertiary/aromatic N) is 2. The van der Waals surface area contributed by atoms with Crippen molar-refractivity contribution in [2.45, 2.75) is 20.8 Å². The fourth-order valence-corrected chi connectivity index (χ4v) is 1.85. The van der Waals surface area contributed by atoms with E-state index in [1.807, 2.05) is 17.6 Å². The minimum absolute atomic E-state index is 0.271. The van der Waals surface area contributed by atoms with E-state index in [0.717, 1.165) is 12.2 Å². The Bertz CT molecular complexity index is 566. The summed E-state index contributed by atoms with van der Waals surface area (Å²) in [5.41, 5.74) is 0.717. The van der Waals surface area contributed by atoms with Crippen molar-refractivity contribution in [3.63, 3.8) is 0 Å². The van der Waals surface area contributed by atoms with Crippen LogP contribution >= 0.6 is 0 Å². The lowest BCUT2D eigenvalue weighted by Gasteiger charge is -2.12. The van der Waals surface area contributed by atoms with Crippen LogP contribution in [0.2, 0.25) is 0 Å². The van der Waals surface area contributed by atoms with E-state index in [-0.39, 0.29) is 11.6 Å². The van der Waals surface area contributed by atoms with Crippen molar-refractivity contribution in [1.82, 2.24) is 9.55 Å². The van der Waals surface area contributed by atoms with Crippen molar-refractivity contribution in [1.29, 1.82) is 0 Å². The summed E-state index contributed by atoms with van der Waals surface area (Å²) in [5.74, 6) is 1.13. The summed E-state index contributed by atoms with van der Waals surface area (Å²) in [6, 6.07) is 4.91. The molecule has 0 aliphatic carbocycles. The Hall–Kier alpha value is -2.04. The number of nitrogens with one attached hydrogen (secondary N) is 1. The van der Waals surface area contributed by atoms with Crippen LogP contribution in [0.5, 0.6) is 5.75 Å². The molecule has 20 heavy (non-hydrogen) atoms. The Morgan fingerprint density at radius 1 is 1.40 bits per heavy atom. The van der Waals surface area contributed by atoms with E-state index in [0.29, 0.717) is 18.5 Å². The van der Waals surface area contributed by atoms with Crippen molar-refractivity contribution in [2.75, 3.05) is 18.5 Å². The zero-order valence-electron chi connectivity index (χ0n) is 12.1. The average Bonchev–Trinajstić information content (AvgIpc) is 2.87. The van der Waals surface area contributed by atoms with E-state index in [1.54, 1.807) is 18.5 Å². The molecule has 1 heterocycles. The summed E-state index contributed by atoms with van der Waals surface area (Å²) in [6.07, 6.45) is 3.49. The highest BCUT2D eigenvalue weighted by Crippen LogP contribution is 2.22. The molecule has 2 aromatic rings. The SMILES string of the molecule is CCOc1ccc(-n2ccnc2NCC(C)C)cc1F. The number of hydrogen-bond donors (Lipinski definition) is 1. The fourth-order valence-electron chi connectivity index (χ4n) is 1.85. The highest BCUT2D eigenvalue weighted by Gasteiger charge is 2.09. The molecular formula is C15H20FN3O. The first-order valence-corrected chi connectivity index (χ1v) is 6.81. The molecule has 2 rings (SSSR count). The molecule has 0 aliphatic rings. The molecule has 1 aromatic carbocycles. The maximum atomic E-state index is 13.9. The lowest BCUT2D eigenvalue weighted by molar-refractivity contribution is 0.321. The number of hydrogen-bond acceptors (Lipinski definition) is 3. The van der Waals surface area contributed by atoms with Crippen LogP contribution in [0.25, 0.3) is 5.69 Å². The third kappa shape index (κ3) is 3.29. The van der Waals surface area contributed by atoms with Crippen LogP contribution in [-0.4, -0.2) is 22.7 Å². The smallest absolute Gasteiger partial charge is 0.207 e. The van der Waals surface area contributed by atoms with Gasteiger partial charge in [0.15, 0.2) is 11.6 Å². The molecule has 0 amide bonds. The molecule has 0 radical (unpaired) electrons. The van der Waals surface area contributed by atoms with Crippen molar-refractivity contribution in [2.24, 2.45) is 5.92 Å². The van der Waals surface area contributed by atoms with Gasteiger partial charge in [-0.3, -0.25) is 4.57 Å². The molecule has 1 aromatic heterocycles. The number of aromatic nitrogens is 2. The topological polar surface area (TPSA) is 39.1 Å². The van der Waals surface area contributed by atoms with Crippen LogP contribution in [0.1, 0.15) is 20.8 Å². The molecule has 0 saturated heterocycles. The average molecular weight is 277 g/mol. The summed E-state index contributed by atoms with van der Waals surface area (Å²) in [7, 11) is 0.